The molecule has 0 spiro atoms. The van der Waals surface area contributed by atoms with Crippen LogP contribution in [0.1, 0.15) is 28.0 Å². The van der Waals surface area contributed by atoms with Gasteiger partial charge in [0, 0.05) is 43.9 Å². The van der Waals surface area contributed by atoms with Crippen LogP contribution in [0.3, 0.4) is 0 Å². The van der Waals surface area contributed by atoms with Crippen molar-refractivity contribution in [3.8, 4) is 0 Å². The van der Waals surface area contributed by atoms with Crippen LogP contribution in [0.15, 0.2) is 31.1 Å². The van der Waals surface area contributed by atoms with E-state index >= 15 is 0 Å². The van der Waals surface area contributed by atoms with Gasteiger partial charge in [0.25, 0.3) is 5.91 Å². The van der Waals surface area contributed by atoms with Crippen molar-refractivity contribution in [2.75, 3.05) is 19.6 Å². The molecule has 1 unspecified atom stereocenters. The van der Waals surface area contributed by atoms with E-state index in [1.807, 2.05) is 19.3 Å². The molecule has 8 nitrogen and oxygen atoms in total. The van der Waals surface area contributed by atoms with Crippen LogP contribution in [0, 0.1) is 12.8 Å². The molecular formula is C17H21N7O. The first-order chi connectivity index (χ1) is 12.2. The number of aryl methyl sites for hydroxylation is 1. The van der Waals surface area contributed by atoms with Crippen molar-refractivity contribution in [3.63, 3.8) is 0 Å². The third kappa shape index (κ3) is 3.39. The van der Waals surface area contributed by atoms with E-state index in [9.17, 15) is 4.79 Å². The van der Waals surface area contributed by atoms with Gasteiger partial charge in [-0.3, -0.25) is 9.69 Å². The predicted molar refractivity (Wildman–Crippen MR) is 92.0 cm³/mol. The van der Waals surface area contributed by atoms with Gasteiger partial charge in [0.15, 0.2) is 5.65 Å². The average molecular weight is 339 g/mol. The zero-order valence-electron chi connectivity index (χ0n) is 14.1. The van der Waals surface area contributed by atoms with E-state index in [0.717, 1.165) is 37.3 Å². The van der Waals surface area contributed by atoms with Crippen LogP contribution in [-0.2, 0) is 6.54 Å². The van der Waals surface area contributed by atoms with Gasteiger partial charge in [-0.15, -0.1) is 0 Å². The zero-order chi connectivity index (χ0) is 17.2. The summed E-state index contributed by atoms with van der Waals surface area (Å²) in [6.45, 7) is 5.51. The second-order valence-corrected chi connectivity index (χ2v) is 6.63. The van der Waals surface area contributed by atoms with Gasteiger partial charge in [0.2, 0.25) is 0 Å². The highest BCUT2D eigenvalue weighted by Gasteiger charge is 2.24. The van der Waals surface area contributed by atoms with E-state index in [0.29, 0.717) is 23.7 Å². The molecule has 130 valence electrons. The van der Waals surface area contributed by atoms with Gasteiger partial charge in [-0.25, -0.2) is 14.5 Å². The van der Waals surface area contributed by atoms with E-state index in [-0.39, 0.29) is 5.91 Å². The summed E-state index contributed by atoms with van der Waals surface area (Å²) in [5, 5.41) is 7.24. The molecule has 1 saturated heterocycles. The van der Waals surface area contributed by atoms with Gasteiger partial charge in [-0.1, -0.05) is 0 Å². The number of fused-ring (bicyclic) bond motifs is 1. The minimum Gasteiger partial charge on any atom is -0.352 e. The van der Waals surface area contributed by atoms with Crippen LogP contribution >= 0.6 is 0 Å². The number of aromatic nitrogens is 5. The standard InChI is InChI=1S/C17H21N7O/c1-12-4-19-16-15(7-22-24(16)8-12)17(25)20-5-13-2-3-23(9-13)10-14-6-18-11-21-14/h4,6-8,11,13H,2-3,5,9-10H2,1H3,(H,18,21)(H,20,25). The molecule has 4 rings (SSSR count). The van der Waals surface area contributed by atoms with Crippen molar-refractivity contribution in [2.45, 2.75) is 19.9 Å². The number of imidazole rings is 1. The number of rotatable bonds is 5. The molecule has 1 amide bonds. The number of likely N-dealkylation sites (tertiary alicyclic amines) is 1. The van der Waals surface area contributed by atoms with Gasteiger partial charge in [0.1, 0.15) is 5.56 Å². The Labute approximate surface area is 145 Å². The summed E-state index contributed by atoms with van der Waals surface area (Å²) < 4.78 is 1.64. The van der Waals surface area contributed by atoms with Crippen molar-refractivity contribution in [2.24, 2.45) is 5.92 Å². The summed E-state index contributed by atoms with van der Waals surface area (Å²) >= 11 is 0. The molecule has 0 saturated carbocycles. The Bertz CT molecular complexity index is 870. The Kier molecular flexibility index (Phi) is 4.19. The molecule has 3 aromatic heterocycles. The minimum atomic E-state index is -0.113. The third-order valence-corrected chi connectivity index (χ3v) is 4.60. The molecule has 0 radical (unpaired) electrons. The number of carbonyl (C=O) groups is 1. The summed E-state index contributed by atoms with van der Waals surface area (Å²) in [5.41, 5.74) is 3.24. The molecule has 0 bridgehead atoms. The highest BCUT2D eigenvalue weighted by atomic mass is 16.1. The Morgan fingerprint density at radius 3 is 3.16 bits per heavy atom. The first-order valence-electron chi connectivity index (χ1n) is 8.47. The van der Waals surface area contributed by atoms with Crippen molar-refractivity contribution < 1.29 is 4.79 Å². The predicted octanol–water partition coefficient (Wildman–Crippen LogP) is 1.01. The second kappa shape index (κ2) is 6.64. The van der Waals surface area contributed by atoms with Crippen LogP contribution in [0.2, 0.25) is 0 Å². The lowest BCUT2D eigenvalue weighted by Crippen LogP contribution is -2.31. The maximum atomic E-state index is 12.5. The highest BCUT2D eigenvalue weighted by Crippen LogP contribution is 2.17. The Morgan fingerprint density at radius 1 is 1.40 bits per heavy atom. The topological polar surface area (TPSA) is 91.2 Å². The number of H-pyrrole nitrogens is 1. The van der Waals surface area contributed by atoms with Crippen molar-refractivity contribution in [1.29, 1.82) is 0 Å². The van der Waals surface area contributed by atoms with Gasteiger partial charge >= 0.3 is 0 Å². The monoisotopic (exact) mass is 339 g/mol. The largest absolute Gasteiger partial charge is 0.352 e. The molecule has 1 atom stereocenters. The average Bonchev–Trinajstić information content (AvgIpc) is 3.33. The first-order valence-corrected chi connectivity index (χ1v) is 8.47. The van der Waals surface area contributed by atoms with Gasteiger partial charge in [-0.2, -0.15) is 5.10 Å². The zero-order valence-corrected chi connectivity index (χ0v) is 14.1. The summed E-state index contributed by atoms with van der Waals surface area (Å²) in [6.07, 6.45) is 9.84. The number of hydrogen-bond acceptors (Lipinski definition) is 5. The molecule has 1 fully saturated rings. The fraction of sp³-hybridized carbons (Fsp3) is 0.412. The Morgan fingerprint density at radius 2 is 2.32 bits per heavy atom. The SMILES string of the molecule is Cc1cnc2c(C(=O)NCC3CCN(Cc4cnc[nH]4)C3)cnn2c1. The lowest BCUT2D eigenvalue weighted by atomic mass is 10.1. The summed E-state index contributed by atoms with van der Waals surface area (Å²) in [7, 11) is 0. The van der Waals surface area contributed by atoms with Crippen molar-refractivity contribution >= 4 is 11.6 Å². The number of amides is 1. The number of hydrogen-bond donors (Lipinski definition) is 2. The lowest BCUT2D eigenvalue weighted by Gasteiger charge is -2.15. The Balaban J connectivity index is 1.33. The minimum absolute atomic E-state index is 0.113. The van der Waals surface area contributed by atoms with Crippen LogP contribution in [0.25, 0.3) is 5.65 Å². The summed E-state index contributed by atoms with van der Waals surface area (Å²) in [5.74, 6) is 0.349. The molecule has 4 heterocycles. The smallest absolute Gasteiger partial charge is 0.256 e. The molecule has 8 heteroatoms. The van der Waals surface area contributed by atoms with Gasteiger partial charge in [0.05, 0.1) is 12.5 Å². The molecule has 0 aromatic carbocycles. The second-order valence-electron chi connectivity index (χ2n) is 6.63. The fourth-order valence-electron chi connectivity index (χ4n) is 3.30. The summed E-state index contributed by atoms with van der Waals surface area (Å²) in [4.78, 5) is 26.3. The summed E-state index contributed by atoms with van der Waals surface area (Å²) in [6, 6.07) is 0. The van der Waals surface area contributed by atoms with E-state index in [1.165, 1.54) is 0 Å². The number of aromatic amines is 1. The maximum absolute atomic E-state index is 12.5. The number of nitrogens with one attached hydrogen (secondary N) is 2. The fourth-order valence-corrected chi connectivity index (χ4v) is 3.30. The number of nitrogens with zero attached hydrogens (tertiary/aromatic N) is 5. The van der Waals surface area contributed by atoms with E-state index in [2.05, 4.69) is 30.3 Å². The van der Waals surface area contributed by atoms with Crippen molar-refractivity contribution in [3.05, 3.63) is 47.9 Å². The van der Waals surface area contributed by atoms with Crippen LogP contribution < -0.4 is 5.32 Å². The Hall–Kier alpha value is -2.74. The molecular weight excluding hydrogens is 318 g/mol. The van der Waals surface area contributed by atoms with Crippen molar-refractivity contribution in [1.82, 2.24) is 34.8 Å². The normalized spacial score (nSPS) is 18.0. The van der Waals surface area contributed by atoms with Crippen LogP contribution in [0.4, 0.5) is 0 Å². The highest BCUT2D eigenvalue weighted by molar-refractivity contribution is 5.99. The molecule has 25 heavy (non-hydrogen) atoms. The van der Waals surface area contributed by atoms with E-state index < -0.39 is 0 Å². The number of carbonyl (C=O) groups excluding carboxylic acids is 1. The van der Waals surface area contributed by atoms with E-state index in [1.54, 1.807) is 23.2 Å². The quantitative estimate of drug-likeness (QED) is 0.724. The lowest BCUT2D eigenvalue weighted by molar-refractivity contribution is 0.0948. The van der Waals surface area contributed by atoms with Crippen LogP contribution in [0.5, 0.6) is 0 Å². The maximum Gasteiger partial charge on any atom is 0.256 e. The van der Waals surface area contributed by atoms with Gasteiger partial charge in [-0.05, 0) is 31.4 Å². The molecule has 0 aliphatic carbocycles. The van der Waals surface area contributed by atoms with E-state index in [4.69, 9.17) is 0 Å². The molecule has 3 aromatic rings. The first kappa shape index (κ1) is 15.8. The molecule has 1 aliphatic heterocycles. The third-order valence-electron chi connectivity index (χ3n) is 4.60. The van der Waals surface area contributed by atoms with Gasteiger partial charge < -0.3 is 10.3 Å². The molecule has 1 aliphatic rings. The van der Waals surface area contributed by atoms with Crippen LogP contribution in [-0.4, -0.2) is 55.0 Å². The molecule has 2 N–H and O–H groups in total.